The third-order valence-corrected chi connectivity index (χ3v) is 4.62. The highest BCUT2D eigenvalue weighted by atomic mass is 16.2. The zero-order chi connectivity index (χ0) is 16.9. The van der Waals surface area contributed by atoms with Crippen molar-refractivity contribution < 1.29 is 4.79 Å². The SMILES string of the molecule is CN1CCC(N(Cc2ccccc2)C(=O)c2ccc(C#N)[nH]2)CC1. The van der Waals surface area contributed by atoms with E-state index in [0.29, 0.717) is 17.9 Å². The van der Waals surface area contributed by atoms with Crippen molar-refractivity contribution in [1.29, 1.82) is 5.26 Å². The van der Waals surface area contributed by atoms with E-state index >= 15 is 0 Å². The number of rotatable bonds is 4. The van der Waals surface area contributed by atoms with Crippen LogP contribution in [0.2, 0.25) is 0 Å². The first kappa shape index (κ1) is 16.3. The lowest BCUT2D eigenvalue weighted by atomic mass is 10.0. The largest absolute Gasteiger partial charge is 0.342 e. The number of piperidine rings is 1. The predicted octanol–water partition coefficient (Wildman–Crippen LogP) is 2.62. The molecule has 1 aliphatic heterocycles. The summed E-state index contributed by atoms with van der Waals surface area (Å²) in [4.78, 5) is 20.2. The molecule has 0 spiro atoms. The fourth-order valence-electron chi connectivity index (χ4n) is 3.19. The molecule has 0 aliphatic carbocycles. The number of carbonyl (C=O) groups is 1. The summed E-state index contributed by atoms with van der Waals surface area (Å²) < 4.78 is 0. The van der Waals surface area contributed by atoms with Gasteiger partial charge in [0.1, 0.15) is 17.5 Å². The van der Waals surface area contributed by atoms with Gasteiger partial charge in [-0.25, -0.2) is 0 Å². The van der Waals surface area contributed by atoms with E-state index < -0.39 is 0 Å². The molecule has 1 aliphatic rings. The second-order valence-electron chi connectivity index (χ2n) is 6.35. The molecule has 2 heterocycles. The number of hydrogen-bond donors (Lipinski definition) is 1. The average Bonchev–Trinajstić information content (AvgIpc) is 3.10. The summed E-state index contributed by atoms with van der Waals surface area (Å²) in [5.41, 5.74) is 2.03. The first-order valence-electron chi connectivity index (χ1n) is 8.30. The Labute approximate surface area is 142 Å². The van der Waals surface area contributed by atoms with Crippen molar-refractivity contribution in [2.24, 2.45) is 0 Å². The van der Waals surface area contributed by atoms with E-state index in [4.69, 9.17) is 5.26 Å². The van der Waals surface area contributed by atoms with E-state index in [9.17, 15) is 4.79 Å². The van der Waals surface area contributed by atoms with Crippen molar-refractivity contribution in [3.63, 3.8) is 0 Å². The van der Waals surface area contributed by atoms with Crippen LogP contribution in [0.3, 0.4) is 0 Å². The van der Waals surface area contributed by atoms with Crippen molar-refractivity contribution in [2.45, 2.75) is 25.4 Å². The molecule has 1 fully saturated rings. The van der Waals surface area contributed by atoms with Gasteiger partial charge in [0, 0.05) is 12.6 Å². The second kappa shape index (κ2) is 7.33. The summed E-state index contributed by atoms with van der Waals surface area (Å²) >= 11 is 0. The molecule has 0 saturated carbocycles. The summed E-state index contributed by atoms with van der Waals surface area (Å²) in [6.45, 7) is 2.59. The maximum atomic E-state index is 13.0. The highest BCUT2D eigenvalue weighted by molar-refractivity contribution is 5.93. The molecule has 1 aromatic carbocycles. The van der Waals surface area contributed by atoms with Crippen LogP contribution in [0.5, 0.6) is 0 Å². The number of carbonyl (C=O) groups excluding carboxylic acids is 1. The lowest BCUT2D eigenvalue weighted by Gasteiger charge is -2.37. The number of H-pyrrole nitrogens is 1. The monoisotopic (exact) mass is 322 g/mol. The smallest absolute Gasteiger partial charge is 0.270 e. The van der Waals surface area contributed by atoms with Gasteiger partial charge < -0.3 is 14.8 Å². The number of aromatic amines is 1. The molecule has 0 radical (unpaired) electrons. The Morgan fingerprint density at radius 3 is 2.58 bits per heavy atom. The quantitative estimate of drug-likeness (QED) is 0.941. The molecule has 5 nitrogen and oxygen atoms in total. The van der Waals surface area contributed by atoms with Crippen LogP contribution in [0, 0.1) is 11.3 Å². The number of nitriles is 1. The van der Waals surface area contributed by atoms with Crippen molar-refractivity contribution in [2.75, 3.05) is 20.1 Å². The molecule has 5 heteroatoms. The van der Waals surface area contributed by atoms with E-state index in [0.717, 1.165) is 31.5 Å². The molecule has 3 rings (SSSR count). The molecule has 24 heavy (non-hydrogen) atoms. The van der Waals surface area contributed by atoms with Crippen LogP contribution in [0.1, 0.15) is 34.6 Å². The molecule has 1 saturated heterocycles. The van der Waals surface area contributed by atoms with Crippen molar-refractivity contribution in [3.05, 3.63) is 59.4 Å². The summed E-state index contributed by atoms with van der Waals surface area (Å²) in [7, 11) is 2.11. The summed E-state index contributed by atoms with van der Waals surface area (Å²) in [6.07, 6.45) is 1.95. The minimum Gasteiger partial charge on any atom is -0.342 e. The Hall–Kier alpha value is -2.58. The van der Waals surface area contributed by atoms with Gasteiger partial charge >= 0.3 is 0 Å². The van der Waals surface area contributed by atoms with Gasteiger partial charge in [0.25, 0.3) is 5.91 Å². The molecular weight excluding hydrogens is 300 g/mol. The normalized spacial score (nSPS) is 15.8. The van der Waals surface area contributed by atoms with Gasteiger partial charge in [-0.3, -0.25) is 4.79 Å². The molecule has 0 atom stereocenters. The Morgan fingerprint density at radius 2 is 1.96 bits per heavy atom. The third-order valence-electron chi connectivity index (χ3n) is 4.62. The first-order valence-corrected chi connectivity index (χ1v) is 8.30. The van der Waals surface area contributed by atoms with Gasteiger partial charge in [-0.15, -0.1) is 0 Å². The minimum absolute atomic E-state index is 0.0325. The Bertz CT molecular complexity index is 723. The molecule has 1 aromatic heterocycles. The molecular formula is C19H22N4O. The maximum Gasteiger partial charge on any atom is 0.270 e. The van der Waals surface area contributed by atoms with Gasteiger partial charge in [0.2, 0.25) is 0 Å². The number of aromatic nitrogens is 1. The summed E-state index contributed by atoms with van der Waals surface area (Å²) in [5, 5.41) is 8.97. The van der Waals surface area contributed by atoms with E-state index in [2.05, 4.69) is 16.9 Å². The van der Waals surface area contributed by atoms with E-state index in [-0.39, 0.29) is 11.9 Å². The van der Waals surface area contributed by atoms with Gasteiger partial charge in [0.05, 0.1) is 0 Å². The lowest BCUT2D eigenvalue weighted by molar-refractivity contribution is 0.0564. The van der Waals surface area contributed by atoms with Crippen molar-refractivity contribution in [1.82, 2.24) is 14.8 Å². The number of benzene rings is 1. The van der Waals surface area contributed by atoms with Crippen LogP contribution < -0.4 is 0 Å². The van der Waals surface area contributed by atoms with Crippen molar-refractivity contribution in [3.8, 4) is 6.07 Å². The number of likely N-dealkylation sites (tertiary alicyclic amines) is 1. The topological polar surface area (TPSA) is 63.1 Å². The zero-order valence-electron chi connectivity index (χ0n) is 13.9. The number of nitrogens with one attached hydrogen (secondary N) is 1. The second-order valence-corrected chi connectivity index (χ2v) is 6.35. The molecule has 0 bridgehead atoms. The Balaban J connectivity index is 1.83. The maximum absolute atomic E-state index is 13.0. The van der Waals surface area contributed by atoms with E-state index in [1.807, 2.05) is 41.3 Å². The standard InChI is InChI=1S/C19H22N4O/c1-22-11-9-17(10-12-22)23(14-15-5-3-2-4-6-15)19(24)18-8-7-16(13-20)21-18/h2-8,17,21H,9-12,14H2,1H3. The summed E-state index contributed by atoms with van der Waals surface area (Å²) in [5.74, 6) is -0.0325. The zero-order valence-corrected chi connectivity index (χ0v) is 13.9. The highest BCUT2D eigenvalue weighted by Gasteiger charge is 2.28. The molecule has 1 amide bonds. The Morgan fingerprint density at radius 1 is 1.25 bits per heavy atom. The molecule has 2 aromatic rings. The van der Waals surface area contributed by atoms with Crippen LogP contribution in [-0.2, 0) is 6.54 Å². The fraction of sp³-hybridized carbons (Fsp3) is 0.368. The molecule has 0 unspecified atom stereocenters. The highest BCUT2D eigenvalue weighted by Crippen LogP contribution is 2.21. The van der Waals surface area contributed by atoms with Crippen LogP contribution in [0.15, 0.2) is 42.5 Å². The van der Waals surface area contributed by atoms with Crippen LogP contribution in [-0.4, -0.2) is 46.9 Å². The lowest BCUT2D eigenvalue weighted by Crippen LogP contribution is -2.46. The Kier molecular flexibility index (Phi) is 4.97. The van der Waals surface area contributed by atoms with Gasteiger partial charge in [-0.05, 0) is 50.7 Å². The first-order chi connectivity index (χ1) is 11.7. The van der Waals surface area contributed by atoms with Gasteiger partial charge in [-0.2, -0.15) is 5.26 Å². The number of amides is 1. The molecule has 1 N–H and O–H groups in total. The number of nitrogens with zero attached hydrogens (tertiary/aromatic N) is 3. The van der Waals surface area contributed by atoms with Crippen LogP contribution in [0.25, 0.3) is 0 Å². The van der Waals surface area contributed by atoms with Crippen molar-refractivity contribution >= 4 is 5.91 Å². The van der Waals surface area contributed by atoms with E-state index in [1.165, 1.54) is 0 Å². The van der Waals surface area contributed by atoms with Crippen LogP contribution >= 0.6 is 0 Å². The van der Waals surface area contributed by atoms with Gasteiger partial charge in [0.15, 0.2) is 0 Å². The molecule has 124 valence electrons. The summed E-state index contributed by atoms with van der Waals surface area (Å²) in [6, 6.07) is 15.7. The van der Waals surface area contributed by atoms with Gasteiger partial charge in [-0.1, -0.05) is 30.3 Å². The fourth-order valence-corrected chi connectivity index (χ4v) is 3.19. The van der Waals surface area contributed by atoms with E-state index in [1.54, 1.807) is 12.1 Å². The minimum atomic E-state index is -0.0325. The third kappa shape index (κ3) is 3.66. The average molecular weight is 322 g/mol. The predicted molar refractivity (Wildman–Crippen MR) is 92.3 cm³/mol. The number of hydrogen-bond acceptors (Lipinski definition) is 3. The van der Waals surface area contributed by atoms with Crippen LogP contribution in [0.4, 0.5) is 0 Å².